The van der Waals surface area contributed by atoms with E-state index in [1.165, 1.54) is 25.2 Å². The van der Waals surface area contributed by atoms with Gasteiger partial charge in [0.2, 0.25) is 11.8 Å². The lowest BCUT2D eigenvalue weighted by Crippen LogP contribution is -2.40. The molecule has 0 bridgehead atoms. The maximum Gasteiger partial charge on any atom is 0.237 e. The van der Waals surface area contributed by atoms with Crippen molar-refractivity contribution in [1.82, 2.24) is 5.32 Å². The standard InChI is InChI=1S/C11H11FN2O2/c1-13-10(15)8-5-6-4-7(12)2-3-9(6)14-11(8)16/h2-4,8H,5H2,1H3,(H,13,15)(H,14,16). The monoisotopic (exact) mass is 222 g/mol. The SMILES string of the molecule is CNC(=O)C1Cc2cc(F)ccc2NC1=O. The van der Waals surface area contributed by atoms with Crippen LogP contribution in [0.25, 0.3) is 0 Å². The van der Waals surface area contributed by atoms with Crippen LogP contribution in [0, 0.1) is 11.7 Å². The second kappa shape index (κ2) is 3.92. The zero-order valence-corrected chi connectivity index (χ0v) is 8.71. The van der Waals surface area contributed by atoms with Crippen LogP contribution in [0.1, 0.15) is 5.56 Å². The number of rotatable bonds is 1. The van der Waals surface area contributed by atoms with E-state index < -0.39 is 5.92 Å². The van der Waals surface area contributed by atoms with E-state index in [2.05, 4.69) is 10.6 Å². The second-order valence-electron chi connectivity index (χ2n) is 3.66. The van der Waals surface area contributed by atoms with Gasteiger partial charge in [-0.05, 0) is 30.2 Å². The van der Waals surface area contributed by atoms with Crippen LogP contribution in [-0.4, -0.2) is 18.9 Å². The summed E-state index contributed by atoms with van der Waals surface area (Å²) < 4.78 is 13.0. The fourth-order valence-corrected chi connectivity index (χ4v) is 1.77. The molecule has 0 saturated heterocycles. The minimum Gasteiger partial charge on any atom is -0.358 e. The third kappa shape index (κ3) is 1.76. The molecule has 16 heavy (non-hydrogen) atoms. The molecule has 0 spiro atoms. The number of benzene rings is 1. The van der Waals surface area contributed by atoms with Crippen LogP contribution in [0.2, 0.25) is 0 Å². The van der Waals surface area contributed by atoms with E-state index in [1.54, 1.807) is 0 Å². The molecule has 1 aromatic rings. The van der Waals surface area contributed by atoms with Crippen molar-refractivity contribution in [2.45, 2.75) is 6.42 Å². The smallest absolute Gasteiger partial charge is 0.237 e. The molecule has 1 aliphatic rings. The summed E-state index contributed by atoms with van der Waals surface area (Å²) in [6, 6.07) is 4.12. The third-order valence-corrected chi connectivity index (χ3v) is 2.63. The molecule has 5 heteroatoms. The van der Waals surface area contributed by atoms with E-state index >= 15 is 0 Å². The van der Waals surface area contributed by atoms with Crippen molar-refractivity contribution in [3.63, 3.8) is 0 Å². The van der Waals surface area contributed by atoms with Crippen molar-refractivity contribution in [3.05, 3.63) is 29.6 Å². The third-order valence-electron chi connectivity index (χ3n) is 2.63. The van der Waals surface area contributed by atoms with Crippen molar-refractivity contribution in [1.29, 1.82) is 0 Å². The maximum absolute atomic E-state index is 13.0. The zero-order valence-electron chi connectivity index (χ0n) is 8.71. The fraction of sp³-hybridized carbons (Fsp3) is 0.273. The van der Waals surface area contributed by atoms with Crippen LogP contribution < -0.4 is 10.6 Å². The molecule has 2 amide bonds. The average Bonchev–Trinajstić information content (AvgIpc) is 2.28. The first-order valence-electron chi connectivity index (χ1n) is 4.92. The molecule has 1 unspecified atom stereocenters. The summed E-state index contributed by atoms with van der Waals surface area (Å²) in [6.07, 6.45) is 0.235. The van der Waals surface area contributed by atoms with Crippen molar-refractivity contribution in [3.8, 4) is 0 Å². The highest BCUT2D eigenvalue weighted by Crippen LogP contribution is 2.26. The molecule has 0 aromatic heterocycles. The highest BCUT2D eigenvalue weighted by molar-refractivity contribution is 6.08. The summed E-state index contributed by atoms with van der Waals surface area (Å²) in [4.78, 5) is 23.0. The lowest BCUT2D eigenvalue weighted by molar-refractivity contribution is -0.132. The van der Waals surface area contributed by atoms with Gasteiger partial charge in [0.05, 0.1) is 0 Å². The Labute approximate surface area is 91.8 Å². The molecule has 1 aromatic carbocycles. The highest BCUT2D eigenvalue weighted by Gasteiger charge is 2.31. The van der Waals surface area contributed by atoms with E-state index in [9.17, 15) is 14.0 Å². The predicted molar refractivity (Wildman–Crippen MR) is 56.3 cm³/mol. The number of carbonyl (C=O) groups is 2. The molecule has 4 nitrogen and oxygen atoms in total. The Balaban J connectivity index is 2.33. The number of nitrogens with one attached hydrogen (secondary N) is 2. The van der Waals surface area contributed by atoms with Gasteiger partial charge < -0.3 is 10.6 Å². The largest absolute Gasteiger partial charge is 0.358 e. The first kappa shape index (κ1) is 10.6. The minimum absolute atomic E-state index is 0.235. The minimum atomic E-state index is -0.778. The van der Waals surface area contributed by atoms with E-state index in [-0.39, 0.29) is 24.1 Å². The highest BCUT2D eigenvalue weighted by atomic mass is 19.1. The van der Waals surface area contributed by atoms with E-state index in [1.807, 2.05) is 0 Å². The zero-order chi connectivity index (χ0) is 11.7. The van der Waals surface area contributed by atoms with Crippen LogP contribution in [-0.2, 0) is 16.0 Å². The quantitative estimate of drug-likeness (QED) is 0.686. The van der Waals surface area contributed by atoms with Crippen molar-refractivity contribution < 1.29 is 14.0 Å². The molecule has 2 rings (SSSR count). The van der Waals surface area contributed by atoms with Gasteiger partial charge in [-0.1, -0.05) is 0 Å². The Morgan fingerprint density at radius 3 is 3.00 bits per heavy atom. The van der Waals surface area contributed by atoms with Crippen LogP contribution in [0.4, 0.5) is 10.1 Å². The summed E-state index contributed by atoms with van der Waals surface area (Å²) in [6.45, 7) is 0. The summed E-state index contributed by atoms with van der Waals surface area (Å²) in [5.74, 6) is -1.85. The van der Waals surface area contributed by atoms with Gasteiger partial charge in [-0.15, -0.1) is 0 Å². The Morgan fingerprint density at radius 1 is 1.56 bits per heavy atom. The molecule has 0 aliphatic carbocycles. The first-order chi connectivity index (χ1) is 7.61. The molecule has 1 aliphatic heterocycles. The van der Waals surface area contributed by atoms with Gasteiger partial charge in [-0.25, -0.2) is 4.39 Å². The summed E-state index contributed by atoms with van der Waals surface area (Å²) in [5, 5.41) is 5.00. The fourth-order valence-electron chi connectivity index (χ4n) is 1.77. The average molecular weight is 222 g/mol. The van der Waals surface area contributed by atoms with Gasteiger partial charge >= 0.3 is 0 Å². The molecule has 2 N–H and O–H groups in total. The van der Waals surface area contributed by atoms with E-state index in [0.717, 1.165) is 0 Å². The summed E-state index contributed by atoms with van der Waals surface area (Å²) in [5.41, 5.74) is 1.22. The number of fused-ring (bicyclic) bond motifs is 1. The molecule has 1 atom stereocenters. The van der Waals surface area contributed by atoms with Gasteiger partial charge in [0.25, 0.3) is 0 Å². The van der Waals surface area contributed by atoms with Gasteiger partial charge in [-0.2, -0.15) is 0 Å². The lowest BCUT2D eigenvalue weighted by atomic mass is 9.92. The number of amides is 2. The molecule has 0 fully saturated rings. The number of carbonyl (C=O) groups excluding carboxylic acids is 2. The van der Waals surface area contributed by atoms with E-state index in [4.69, 9.17) is 0 Å². The van der Waals surface area contributed by atoms with Gasteiger partial charge in [0, 0.05) is 12.7 Å². The molecular weight excluding hydrogens is 211 g/mol. The number of hydrogen-bond donors (Lipinski definition) is 2. The van der Waals surface area contributed by atoms with Gasteiger partial charge in [-0.3, -0.25) is 9.59 Å². The second-order valence-corrected chi connectivity index (χ2v) is 3.66. The molecular formula is C11H11FN2O2. The Morgan fingerprint density at radius 2 is 2.31 bits per heavy atom. The summed E-state index contributed by atoms with van der Waals surface area (Å²) in [7, 11) is 1.47. The number of anilines is 1. The number of hydrogen-bond acceptors (Lipinski definition) is 2. The molecule has 1 heterocycles. The van der Waals surface area contributed by atoms with Gasteiger partial charge in [0.15, 0.2) is 0 Å². The van der Waals surface area contributed by atoms with Crippen molar-refractivity contribution in [2.75, 3.05) is 12.4 Å². The van der Waals surface area contributed by atoms with Crippen LogP contribution in [0.3, 0.4) is 0 Å². The molecule has 0 saturated carbocycles. The molecule has 84 valence electrons. The lowest BCUT2D eigenvalue weighted by Gasteiger charge is -2.23. The van der Waals surface area contributed by atoms with Crippen LogP contribution in [0.15, 0.2) is 18.2 Å². The first-order valence-corrected chi connectivity index (χ1v) is 4.92. The van der Waals surface area contributed by atoms with Crippen LogP contribution >= 0.6 is 0 Å². The predicted octanol–water partition coefficient (Wildman–Crippen LogP) is 0.682. The van der Waals surface area contributed by atoms with Crippen molar-refractivity contribution in [2.24, 2.45) is 5.92 Å². The van der Waals surface area contributed by atoms with E-state index in [0.29, 0.717) is 11.3 Å². The Kier molecular flexibility index (Phi) is 2.60. The van der Waals surface area contributed by atoms with Gasteiger partial charge in [0.1, 0.15) is 11.7 Å². The Bertz CT molecular complexity index is 459. The summed E-state index contributed by atoms with van der Waals surface area (Å²) >= 11 is 0. The Hall–Kier alpha value is -1.91. The number of halogens is 1. The van der Waals surface area contributed by atoms with Crippen LogP contribution in [0.5, 0.6) is 0 Å². The maximum atomic E-state index is 13.0. The molecule has 0 radical (unpaired) electrons. The topological polar surface area (TPSA) is 58.2 Å². The van der Waals surface area contributed by atoms with Crippen molar-refractivity contribution >= 4 is 17.5 Å². The normalized spacial score (nSPS) is 18.6.